The van der Waals surface area contributed by atoms with E-state index in [0.717, 1.165) is 13.0 Å². The normalized spacial score (nSPS) is 36.2. The first-order valence-electron chi connectivity index (χ1n) is 4.09. The van der Waals surface area contributed by atoms with E-state index >= 15 is 0 Å². The van der Waals surface area contributed by atoms with E-state index in [2.05, 4.69) is 5.32 Å². The van der Waals surface area contributed by atoms with Gasteiger partial charge in [-0.1, -0.05) is 0 Å². The quantitative estimate of drug-likeness (QED) is 0.635. The summed E-state index contributed by atoms with van der Waals surface area (Å²) >= 11 is 0. The summed E-state index contributed by atoms with van der Waals surface area (Å²) in [5.41, 5.74) is 0. The molecule has 0 aromatic rings. The maximum Gasteiger partial charge on any atom is 0.401 e. The summed E-state index contributed by atoms with van der Waals surface area (Å²) in [6, 6.07) is 0.425. The standard InChI is InChI=1S/C7H11F3N2/c8-7(9,10)4-12-3-5-1-6(12)2-11-5/h5-6,11H,1-4H2/t5-,6-/m1/s1. The SMILES string of the molecule is FC(F)(F)CN1C[C@H]2C[C@@H]1CN2. The first kappa shape index (κ1) is 8.31. The molecule has 70 valence electrons. The lowest BCUT2D eigenvalue weighted by Gasteiger charge is -2.27. The van der Waals surface area contributed by atoms with Crippen molar-refractivity contribution in [1.29, 1.82) is 0 Å². The van der Waals surface area contributed by atoms with E-state index < -0.39 is 12.7 Å². The molecular formula is C7H11F3N2. The van der Waals surface area contributed by atoms with E-state index in [9.17, 15) is 13.2 Å². The Labute approximate surface area is 68.7 Å². The van der Waals surface area contributed by atoms with Crippen LogP contribution in [-0.2, 0) is 0 Å². The molecular weight excluding hydrogens is 169 g/mol. The number of likely N-dealkylation sites (tertiary alicyclic amines) is 1. The molecule has 2 nitrogen and oxygen atoms in total. The third kappa shape index (κ3) is 1.56. The van der Waals surface area contributed by atoms with Crippen LogP contribution in [0, 0.1) is 0 Å². The number of hydrogen-bond donors (Lipinski definition) is 1. The van der Waals surface area contributed by atoms with Crippen LogP contribution in [0.15, 0.2) is 0 Å². The molecule has 5 heteroatoms. The van der Waals surface area contributed by atoms with Gasteiger partial charge >= 0.3 is 6.18 Å². The lowest BCUT2D eigenvalue weighted by atomic mass is 10.2. The van der Waals surface area contributed by atoms with Gasteiger partial charge in [0.15, 0.2) is 0 Å². The van der Waals surface area contributed by atoms with Crippen molar-refractivity contribution < 1.29 is 13.2 Å². The van der Waals surface area contributed by atoms with Crippen LogP contribution in [0.2, 0.25) is 0 Å². The van der Waals surface area contributed by atoms with Crippen LogP contribution in [0.1, 0.15) is 6.42 Å². The Morgan fingerprint density at radius 2 is 2.17 bits per heavy atom. The predicted molar refractivity (Wildman–Crippen MR) is 37.8 cm³/mol. The van der Waals surface area contributed by atoms with Crippen LogP contribution in [0.25, 0.3) is 0 Å². The number of nitrogens with zero attached hydrogens (tertiary/aromatic N) is 1. The van der Waals surface area contributed by atoms with Gasteiger partial charge in [0.1, 0.15) is 0 Å². The molecule has 2 aliphatic heterocycles. The van der Waals surface area contributed by atoms with Crippen molar-refractivity contribution in [2.24, 2.45) is 0 Å². The fourth-order valence-corrected chi connectivity index (χ4v) is 2.07. The number of fused-ring (bicyclic) bond motifs is 2. The van der Waals surface area contributed by atoms with Crippen LogP contribution < -0.4 is 5.32 Å². The topological polar surface area (TPSA) is 15.3 Å². The molecule has 0 radical (unpaired) electrons. The molecule has 0 aromatic carbocycles. The molecule has 0 aliphatic carbocycles. The summed E-state index contributed by atoms with van der Waals surface area (Å²) in [4.78, 5) is 1.53. The highest BCUT2D eigenvalue weighted by molar-refractivity contribution is 4.97. The zero-order valence-electron chi connectivity index (χ0n) is 6.56. The van der Waals surface area contributed by atoms with E-state index in [1.807, 2.05) is 0 Å². The summed E-state index contributed by atoms with van der Waals surface area (Å²) in [6.07, 6.45) is -3.15. The maximum absolute atomic E-state index is 12.0. The second-order valence-corrected chi connectivity index (χ2v) is 3.54. The van der Waals surface area contributed by atoms with Gasteiger partial charge < -0.3 is 5.32 Å². The van der Waals surface area contributed by atoms with Gasteiger partial charge in [0.05, 0.1) is 6.54 Å². The average molecular weight is 180 g/mol. The molecule has 1 N–H and O–H groups in total. The van der Waals surface area contributed by atoms with Gasteiger partial charge in [-0.3, -0.25) is 4.90 Å². The van der Waals surface area contributed by atoms with Crippen molar-refractivity contribution in [3.05, 3.63) is 0 Å². The summed E-state index contributed by atoms with van der Waals surface area (Å²) in [5, 5.41) is 3.16. The highest BCUT2D eigenvalue weighted by Crippen LogP contribution is 2.27. The van der Waals surface area contributed by atoms with Gasteiger partial charge in [0, 0.05) is 25.2 Å². The van der Waals surface area contributed by atoms with Crippen LogP contribution in [-0.4, -0.2) is 42.8 Å². The molecule has 0 spiro atoms. The van der Waals surface area contributed by atoms with Gasteiger partial charge in [0.2, 0.25) is 0 Å². The number of alkyl halides is 3. The van der Waals surface area contributed by atoms with E-state index in [0.29, 0.717) is 12.6 Å². The number of hydrogen-bond acceptors (Lipinski definition) is 2. The summed E-state index contributed by atoms with van der Waals surface area (Å²) < 4.78 is 35.9. The Kier molecular flexibility index (Phi) is 1.80. The molecule has 0 aromatic heterocycles. The van der Waals surface area contributed by atoms with Crippen molar-refractivity contribution >= 4 is 0 Å². The fourth-order valence-electron chi connectivity index (χ4n) is 2.07. The van der Waals surface area contributed by atoms with Crippen LogP contribution >= 0.6 is 0 Å². The Bertz CT molecular complexity index is 180. The molecule has 2 aliphatic rings. The van der Waals surface area contributed by atoms with Crippen molar-refractivity contribution in [1.82, 2.24) is 10.2 Å². The van der Waals surface area contributed by atoms with Crippen molar-refractivity contribution in [3.8, 4) is 0 Å². The van der Waals surface area contributed by atoms with E-state index in [1.54, 1.807) is 0 Å². The number of piperazine rings is 1. The third-order valence-corrected chi connectivity index (χ3v) is 2.55. The summed E-state index contributed by atoms with van der Waals surface area (Å²) in [7, 11) is 0. The first-order valence-corrected chi connectivity index (χ1v) is 4.09. The van der Waals surface area contributed by atoms with Gasteiger partial charge in [0.25, 0.3) is 0 Å². The summed E-state index contributed by atoms with van der Waals surface area (Å²) in [6.45, 7) is 0.542. The molecule has 12 heavy (non-hydrogen) atoms. The molecule has 2 saturated heterocycles. The Morgan fingerprint density at radius 3 is 2.58 bits per heavy atom. The molecule has 2 fully saturated rings. The minimum Gasteiger partial charge on any atom is -0.311 e. The zero-order valence-corrected chi connectivity index (χ0v) is 6.56. The Hall–Kier alpha value is -0.290. The van der Waals surface area contributed by atoms with E-state index in [4.69, 9.17) is 0 Å². The monoisotopic (exact) mass is 180 g/mol. The molecule has 2 rings (SSSR count). The Balaban J connectivity index is 1.91. The van der Waals surface area contributed by atoms with Gasteiger partial charge in [-0.25, -0.2) is 0 Å². The van der Waals surface area contributed by atoms with E-state index in [1.165, 1.54) is 4.90 Å². The fraction of sp³-hybridized carbons (Fsp3) is 1.00. The predicted octanol–water partition coefficient (Wildman–Crippen LogP) is 0.595. The maximum atomic E-state index is 12.0. The number of rotatable bonds is 1. The van der Waals surface area contributed by atoms with Crippen molar-refractivity contribution in [2.45, 2.75) is 24.7 Å². The summed E-state index contributed by atoms with van der Waals surface area (Å²) in [5.74, 6) is 0. The van der Waals surface area contributed by atoms with Gasteiger partial charge in [-0.2, -0.15) is 13.2 Å². The second kappa shape index (κ2) is 2.60. The lowest BCUT2D eigenvalue weighted by molar-refractivity contribution is -0.148. The van der Waals surface area contributed by atoms with Crippen molar-refractivity contribution in [3.63, 3.8) is 0 Å². The third-order valence-electron chi connectivity index (χ3n) is 2.55. The van der Waals surface area contributed by atoms with Crippen LogP contribution in [0.4, 0.5) is 13.2 Å². The smallest absolute Gasteiger partial charge is 0.311 e. The van der Waals surface area contributed by atoms with Crippen molar-refractivity contribution in [2.75, 3.05) is 19.6 Å². The average Bonchev–Trinajstić information content (AvgIpc) is 2.42. The number of halogens is 3. The van der Waals surface area contributed by atoms with Gasteiger partial charge in [-0.15, -0.1) is 0 Å². The molecule has 0 saturated carbocycles. The largest absolute Gasteiger partial charge is 0.401 e. The molecule has 2 heterocycles. The highest BCUT2D eigenvalue weighted by atomic mass is 19.4. The molecule has 0 unspecified atom stereocenters. The zero-order chi connectivity index (χ0) is 8.77. The minimum absolute atomic E-state index is 0.122. The second-order valence-electron chi connectivity index (χ2n) is 3.54. The Morgan fingerprint density at radius 1 is 1.42 bits per heavy atom. The lowest BCUT2D eigenvalue weighted by Crippen LogP contribution is -2.47. The number of nitrogens with one attached hydrogen (secondary N) is 1. The van der Waals surface area contributed by atoms with E-state index in [-0.39, 0.29) is 6.04 Å². The minimum atomic E-state index is -4.04. The highest BCUT2D eigenvalue weighted by Gasteiger charge is 2.42. The first-order chi connectivity index (χ1) is 5.54. The van der Waals surface area contributed by atoms with Crippen LogP contribution in [0.3, 0.4) is 0 Å². The molecule has 2 bridgehead atoms. The van der Waals surface area contributed by atoms with Crippen LogP contribution in [0.5, 0.6) is 0 Å². The van der Waals surface area contributed by atoms with Gasteiger partial charge in [-0.05, 0) is 6.42 Å². The molecule has 2 atom stereocenters. The molecule has 0 amide bonds.